The summed E-state index contributed by atoms with van der Waals surface area (Å²) < 4.78 is 5.60. The summed E-state index contributed by atoms with van der Waals surface area (Å²) in [6.45, 7) is 7.81. The van der Waals surface area contributed by atoms with Gasteiger partial charge < -0.3 is 15.8 Å². The number of nitrogens with one attached hydrogen (secondary N) is 1. The lowest BCUT2D eigenvalue weighted by molar-refractivity contribution is 0.0919. The van der Waals surface area contributed by atoms with E-state index < -0.39 is 5.54 Å². The van der Waals surface area contributed by atoms with Crippen LogP contribution >= 0.6 is 12.2 Å². The Bertz CT molecular complexity index is 511. The van der Waals surface area contributed by atoms with Crippen molar-refractivity contribution in [3.05, 3.63) is 29.8 Å². The Morgan fingerprint density at radius 1 is 1.38 bits per heavy atom. The summed E-state index contributed by atoms with van der Waals surface area (Å²) in [6.07, 6.45) is 1.38. The first-order chi connectivity index (χ1) is 9.84. The Morgan fingerprint density at radius 2 is 2.00 bits per heavy atom. The van der Waals surface area contributed by atoms with Crippen LogP contribution in [0.1, 0.15) is 50.9 Å². The van der Waals surface area contributed by atoms with E-state index in [2.05, 4.69) is 5.32 Å². The molecule has 0 atom stereocenters. The molecule has 0 spiro atoms. The second kappa shape index (κ2) is 7.41. The molecule has 0 unspecified atom stereocenters. The van der Waals surface area contributed by atoms with E-state index in [-0.39, 0.29) is 12.0 Å². The number of hydrogen-bond acceptors (Lipinski definition) is 3. The molecular formula is C16H24N2O2S. The van der Waals surface area contributed by atoms with Gasteiger partial charge in [-0.25, -0.2) is 0 Å². The molecule has 0 aliphatic rings. The van der Waals surface area contributed by atoms with E-state index in [0.717, 1.165) is 0 Å². The molecular weight excluding hydrogens is 284 g/mol. The summed E-state index contributed by atoms with van der Waals surface area (Å²) in [6, 6.07) is 7.10. The Balaban J connectivity index is 2.95. The highest BCUT2D eigenvalue weighted by Gasteiger charge is 2.31. The van der Waals surface area contributed by atoms with Crippen LogP contribution in [0.25, 0.3) is 0 Å². The first kappa shape index (κ1) is 17.4. The second-order valence-corrected chi connectivity index (χ2v) is 5.74. The third-order valence-electron chi connectivity index (χ3n) is 3.50. The van der Waals surface area contributed by atoms with Crippen molar-refractivity contribution in [2.45, 2.75) is 52.2 Å². The molecule has 116 valence electrons. The lowest BCUT2D eigenvalue weighted by Gasteiger charge is -2.31. The summed E-state index contributed by atoms with van der Waals surface area (Å²) in [5, 5.41) is 2.97. The summed E-state index contributed by atoms with van der Waals surface area (Å²) >= 11 is 5.12. The summed E-state index contributed by atoms with van der Waals surface area (Å²) in [7, 11) is 0. The molecule has 4 nitrogen and oxygen atoms in total. The van der Waals surface area contributed by atoms with Gasteiger partial charge in [0, 0.05) is 5.56 Å². The smallest absolute Gasteiger partial charge is 0.252 e. The van der Waals surface area contributed by atoms with Crippen LogP contribution in [0.15, 0.2) is 24.3 Å². The minimum absolute atomic E-state index is 0.0605. The number of carbonyl (C=O) groups is 1. The summed E-state index contributed by atoms with van der Waals surface area (Å²) in [4.78, 5) is 12.8. The van der Waals surface area contributed by atoms with Gasteiger partial charge >= 0.3 is 0 Å². The third kappa shape index (κ3) is 4.43. The van der Waals surface area contributed by atoms with Gasteiger partial charge in [-0.1, -0.05) is 32.1 Å². The molecule has 1 rings (SSSR count). The van der Waals surface area contributed by atoms with Crippen LogP contribution < -0.4 is 15.8 Å². The summed E-state index contributed by atoms with van der Waals surface area (Å²) in [5.74, 6) is 0.479. The first-order valence-corrected chi connectivity index (χ1v) is 7.64. The number of carbonyl (C=O) groups excluding carboxylic acids is 1. The van der Waals surface area contributed by atoms with Gasteiger partial charge in [0.2, 0.25) is 0 Å². The maximum atomic E-state index is 12.4. The highest BCUT2D eigenvalue weighted by molar-refractivity contribution is 7.80. The average Bonchev–Trinajstić information content (AvgIpc) is 2.44. The van der Waals surface area contributed by atoms with E-state index in [1.54, 1.807) is 18.2 Å². The maximum Gasteiger partial charge on any atom is 0.252 e. The van der Waals surface area contributed by atoms with Crippen molar-refractivity contribution in [1.82, 2.24) is 5.32 Å². The van der Waals surface area contributed by atoms with E-state index in [1.807, 2.05) is 33.8 Å². The molecule has 0 bridgehead atoms. The molecule has 0 aromatic heterocycles. The van der Waals surface area contributed by atoms with Gasteiger partial charge in [0.05, 0.1) is 16.6 Å². The van der Waals surface area contributed by atoms with Gasteiger partial charge in [0.1, 0.15) is 5.75 Å². The highest BCUT2D eigenvalue weighted by atomic mass is 32.1. The van der Waals surface area contributed by atoms with Crippen LogP contribution in [-0.4, -0.2) is 22.5 Å². The summed E-state index contributed by atoms with van der Waals surface area (Å²) in [5.41, 5.74) is 5.71. The lowest BCUT2D eigenvalue weighted by Crippen LogP contribution is -2.55. The van der Waals surface area contributed by atoms with Crippen molar-refractivity contribution in [2.75, 3.05) is 0 Å². The van der Waals surface area contributed by atoms with Crippen molar-refractivity contribution in [3.63, 3.8) is 0 Å². The van der Waals surface area contributed by atoms with Gasteiger partial charge in [0.15, 0.2) is 0 Å². The van der Waals surface area contributed by atoms with Crippen LogP contribution in [0.3, 0.4) is 0 Å². The fourth-order valence-corrected chi connectivity index (χ4v) is 2.45. The van der Waals surface area contributed by atoms with Gasteiger partial charge in [-0.3, -0.25) is 4.79 Å². The van der Waals surface area contributed by atoms with Gasteiger partial charge in [-0.15, -0.1) is 0 Å². The van der Waals surface area contributed by atoms with Crippen molar-refractivity contribution in [2.24, 2.45) is 5.73 Å². The minimum atomic E-state index is -0.638. The van der Waals surface area contributed by atoms with Gasteiger partial charge in [0.25, 0.3) is 5.91 Å². The quantitative estimate of drug-likeness (QED) is 0.760. The fraction of sp³-hybridized carbons (Fsp3) is 0.500. The van der Waals surface area contributed by atoms with Crippen LogP contribution in [0.4, 0.5) is 0 Å². The number of hydrogen-bond donors (Lipinski definition) is 2. The Hall–Kier alpha value is -1.62. The lowest BCUT2D eigenvalue weighted by atomic mass is 9.92. The highest BCUT2D eigenvalue weighted by Crippen LogP contribution is 2.19. The molecule has 1 aromatic rings. The van der Waals surface area contributed by atoms with E-state index in [4.69, 9.17) is 22.7 Å². The standard InChI is InChI=1S/C16H24N2O2S/c1-5-16(6-2,15(17)21)18-14(19)12-8-7-9-13(10-12)20-11(3)4/h7-11H,5-6H2,1-4H3,(H2,17,21)(H,18,19). The molecule has 1 amide bonds. The predicted molar refractivity (Wildman–Crippen MR) is 89.8 cm³/mol. The molecule has 5 heteroatoms. The molecule has 1 aromatic carbocycles. The van der Waals surface area contributed by atoms with Gasteiger partial charge in [-0.2, -0.15) is 0 Å². The van der Waals surface area contributed by atoms with E-state index in [0.29, 0.717) is 29.1 Å². The van der Waals surface area contributed by atoms with Gasteiger partial charge in [-0.05, 0) is 44.9 Å². The average molecular weight is 308 g/mol. The van der Waals surface area contributed by atoms with Crippen molar-refractivity contribution in [1.29, 1.82) is 0 Å². The maximum absolute atomic E-state index is 12.4. The Labute approximate surface area is 132 Å². The predicted octanol–water partition coefficient (Wildman–Crippen LogP) is 3.05. The van der Waals surface area contributed by atoms with E-state index >= 15 is 0 Å². The van der Waals surface area contributed by atoms with Crippen LogP contribution in [0.5, 0.6) is 5.75 Å². The van der Waals surface area contributed by atoms with E-state index in [1.165, 1.54) is 0 Å². The molecule has 0 saturated carbocycles. The number of benzene rings is 1. The molecule has 0 aliphatic heterocycles. The first-order valence-electron chi connectivity index (χ1n) is 7.23. The second-order valence-electron chi connectivity index (χ2n) is 5.30. The molecule has 21 heavy (non-hydrogen) atoms. The molecule has 0 saturated heterocycles. The van der Waals surface area contributed by atoms with Crippen molar-refractivity contribution in [3.8, 4) is 5.75 Å². The van der Waals surface area contributed by atoms with Crippen LogP contribution in [-0.2, 0) is 0 Å². The zero-order valence-corrected chi connectivity index (χ0v) is 13.9. The molecule has 0 fully saturated rings. The van der Waals surface area contributed by atoms with Crippen LogP contribution in [0.2, 0.25) is 0 Å². The van der Waals surface area contributed by atoms with Crippen LogP contribution in [0, 0.1) is 0 Å². The van der Waals surface area contributed by atoms with Crippen molar-refractivity contribution < 1.29 is 9.53 Å². The Morgan fingerprint density at radius 3 is 2.48 bits per heavy atom. The fourth-order valence-electron chi connectivity index (χ4n) is 2.11. The van der Waals surface area contributed by atoms with Crippen molar-refractivity contribution >= 4 is 23.1 Å². The molecule has 0 heterocycles. The largest absolute Gasteiger partial charge is 0.491 e. The topological polar surface area (TPSA) is 64.3 Å². The number of thiocarbonyl (C=S) groups is 1. The number of ether oxygens (including phenoxy) is 1. The number of amides is 1. The SMILES string of the molecule is CCC(CC)(NC(=O)c1cccc(OC(C)C)c1)C(N)=S. The molecule has 3 N–H and O–H groups in total. The molecule has 0 radical (unpaired) electrons. The zero-order chi connectivity index (χ0) is 16.0. The Kier molecular flexibility index (Phi) is 6.15. The van der Waals surface area contributed by atoms with E-state index in [9.17, 15) is 4.79 Å². The third-order valence-corrected chi connectivity index (χ3v) is 3.89. The molecule has 0 aliphatic carbocycles. The number of nitrogens with two attached hydrogens (primary N) is 1. The number of rotatable bonds is 7. The normalized spacial score (nSPS) is 11.3. The zero-order valence-electron chi connectivity index (χ0n) is 13.1. The minimum Gasteiger partial charge on any atom is -0.491 e. The monoisotopic (exact) mass is 308 g/mol.